The van der Waals surface area contributed by atoms with E-state index < -0.39 is 0 Å². The van der Waals surface area contributed by atoms with Gasteiger partial charge in [-0.1, -0.05) is 6.92 Å². The Morgan fingerprint density at radius 2 is 2.04 bits per heavy atom. The number of rotatable bonds is 5. The van der Waals surface area contributed by atoms with Gasteiger partial charge in [-0.3, -0.25) is 4.68 Å². The molecule has 0 aliphatic carbocycles. The average molecular weight is 324 g/mol. The number of anilines is 1. The van der Waals surface area contributed by atoms with Gasteiger partial charge in [0.25, 0.3) is 0 Å². The molecule has 0 saturated carbocycles. The fraction of sp³-hybridized carbons (Fsp3) is 0.500. The van der Waals surface area contributed by atoms with Gasteiger partial charge in [-0.25, -0.2) is 4.98 Å². The highest BCUT2D eigenvalue weighted by Gasteiger charge is 2.21. The van der Waals surface area contributed by atoms with E-state index in [-0.39, 0.29) is 0 Å². The molecular weight excluding hydrogens is 300 g/mol. The van der Waals surface area contributed by atoms with Crippen LogP contribution >= 0.6 is 0 Å². The Morgan fingerprint density at radius 1 is 1.17 bits per heavy atom. The topological polar surface area (TPSA) is 51.2 Å². The highest BCUT2D eigenvalue weighted by atomic mass is 15.3. The zero-order valence-electron chi connectivity index (χ0n) is 14.2. The number of piperidine rings is 1. The number of fused-ring (bicyclic) bond motifs is 1. The number of aromatic nitrogens is 5. The molecule has 6 nitrogen and oxygen atoms in total. The van der Waals surface area contributed by atoms with Crippen LogP contribution in [0.2, 0.25) is 0 Å². The van der Waals surface area contributed by atoms with E-state index in [1.54, 1.807) is 0 Å². The highest BCUT2D eigenvalue weighted by Crippen LogP contribution is 2.26. The van der Waals surface area contributed by atoms with Crippen molar-refractivity contribution in [3.8, 4) is 0 Å². The van der Waals surface area contributed by atoms with Crippen LogP contribution < -0.4 is 4.90 Å². The van der Waals surface area contributed by atoms with Gasteiger partial charge in [0.05, 0.1) is 6.20 Å². The summed E-state index contributed by atoms with van der Waals surface area (Å²) in [5.41, 5.74) is 2.09. The molecule has 1 fully saturated rings. The molecule has 0 unspecified atom stereocenters. The lowest BCUT2D eigenvalue weighted by atomic mass is 9.93. The van der Waals surface area contributed by atoms with Crippen LogP contribution in [0.3, 0.4) is 0 Å². The standard InChI is InChI=1S/C18H24N6/c1-2-16-14-18(24-17(21-16)4-9-20-24)22-11-5-15(6-12-22)7-13-23-10-3-8-19-23/h3-4,8-10,14-15H,2,5-7,11-13H2,1H3. The molecule has 1 aliphatic rings. The van der Waals surface area contributed by atoms with Gasteiger partial charge in [0.1, 0.15) is 5.82 Å². The van der Waals surface area contributed by atoms with E-state index in [9.17, 15) is 0 Å². The Hall–Kier alpha value is -2.37. The lowest BCUT2D eigenvalue weighted by Gasteiger charge is -2.33. The van der Waals surface area contributed by atoms with Crippen molar-refractivity contribution in [2.45, 2.75) is 39.2 Å². The van der Waals surface area contributed by atoms with Gasteiger partial charge in [-0.2, -0.15) is 14.7 Å². The maximum atomic E-state index is 4.65. The van der Waals surface area contributed by atoms with E-state index in [2.05, 4.69) is 33.1 Å². The van der Waals surface area contributed by atoms with Gasteiger partial charge < -0.3 is 4.90 Å². The predicted molar refractivity (Wildman–Crippen MR) is 94.1 cm³/mol. The van der Waals surface area contributed by atoms with Crippen molar-refractivity contribution in [3.05, 3.63) is 42.5 Å². The van der Waals surface area contributed by atoms with Gasteiger partial charge in [0, 0.05) is 49.9 Å². The summed E-state index contributed by atoms with van der Waals surface area (Å²) in [7, 11) is 0. The Morgan fingerprint density at radius 3 is 2.79 bits per heavy atom. The third kappa shape index (κ3) is 3.00. The molecule has 0 atom stereocenters. The molecule has 24 heavy (non-hydrogen) atoms. The quantitative estimate of drug-likeness (QED) is 0.724. The van der Waals surface area contributed by atoms with Crippen molar-refractivity contribution in [2.75, 3.05) is 18.0 Å². The molecule has 0 aromatic carbocycles. The maximum absolute atomic E-state index is 4.65. The predicted octanol–water partition coefficient (Wildman–Crippen LogP) is 2.79. The van der Waals surface area contributed by atoms with Crippen molar-refractivity contribution in [1.29, 1.82) is 0 Å². The fourth-order valence-electron chi connectivity index (χ4n) is 3.55. The Labute approximate surface area is 142 Å². The molecule has 4 heterocycles. The van der Waals surface area contributed by atoms with E-state index in [1.165, 1.54) is 25.1 Å². The molecule has 6 heteroatoms. The first-order chi connectivity index (χ1) is 11.8. The first-order valence-electron chi connectivity index (χ1n) is 8.89. The first kappa shape index (κ1) is 15.2. The molecule has 4 rings (SSSR count). The van der Waals surface area contributed by atoms with E-state index >= 15 is 0 Å². The fourth-order valence-corrected chi connectivity index (χ4v) is 3.55. The average Bonchev–Trinajstić information content (AvgIpc) is 3.31. The third-order valence-corrected chi connectivity index (χ3v) is 5.02. The van der Waals surface area contributed by atoms with Crippen LogP contribution in [0, 0.1) is 5.92 Å². The van der Waals surface area contributed by atoms with Crippen molar-refractivity contribution in [2.24, 2.45) is 5.92 Å². The van der Waals surface area contributed by atoms with Gasteiger partial charge >= 0.3 is 0 Å². The van der Waals surface area contributed by atoms with Crippen LogP contribution in [-0.4, -0.2) is 37.5 Å². The zero-order valence-corrected chi connectivity index (χ0v) is 14.2. The van der Waals surface area contributed by atoms with Crippen LogP contribution in [-0.2, 0) is 13.0 Å². The highest BCUT2D eigenvalue weighted by molar-refractivity contribution is 5.51. The first-order valence-corrected chi connectivity index (χ1v) is 8.89. The Bertz CT molecular complexity index is 783. The molecule has 0 amide bonds. The minimum absolute atomic E-state index is 0.783. The lowest BCUT2D eigenvalue weighted by molar-refractivity contribution is 0.352. The number of aryl methyl sites for hydroxylation is 2. The van der Waals surface area contributed by atoms with Crippen LogP contribution in [0.5, 0.6) is 0 Å². The summed E-state index contributed by atoms with van der Waals surface area (Å²) >= 11 is 0. The zero-order chi connectivity index (χ0) is 16.4. The normalized spacial score (nSPS) is 16.1. The van der Waals surface area contributed by atoms with Gasteiger partial charge in [-0.05, 0) is 37.7 Å². The summed E-state index contributed by atoms with van der Waals surface area (Å²) in [6, 6.07) is 6.18. The lowest BCUT2D eigenvalue weighted by Crippen LogP contribution is -2.35. The second-order valence-corrected chi connectivity index (χ2v) is 6.55. The molecule has 0 bridgehead atoms. The monoisotopic (exact) mass is 324 g/mol. The Kier molecular flexibility index (Phi) is 4.19. The molecular formula is C18H24N6. The summed E-state index contributed by atoms with van der Waals surface area (Å²) in [4.78, 5) is 7.11. The maximum Gasteiger partial charge on any atom is 0.157 e. The molecule has 3 aromatic heterocycles. The van der Waals surface area contributed by atoms with Crippen molar-refractivity contribution in [1.82, 2.24) is 24.4 Å². The van der Waals surface area contributed by atoms with Crippen molar-refractivity contribution < 1.29 is 0 Å². The Balaban J connectivity index is 1.43. The van der Waals surface area contributed by atoms with E-state index in [0.717, 1.165) is 43.3 Å². The van der Waals surface area contributed by atoms with Crippen LogP contribution in [0.4, 0.5) is 5.82 Å². The SMILES string of the molecule is CCc1cc(N2CCC(CCn3cccn3)CC2)n2nccc2n1. The molecule has 0 N–H and O–H groups in total. The van der Waals surface area contributed by atoms with E-state index in [4.69, 9.17) is 0 Å². The molecule has 1 aliphatic heterocycles. The van der Waals surface area contributed by atoms with Gasteiger partial charge in [-0.15, -0.1) is 0 Å². The van der Waals surface area contributed by atoms with E-state index in [1.807, 2.05) is 39.9 Å². The smallest absolute Gasteiger partial charge is 0.157 e. The van der Waals surface area contributed by atoms with Crippen LogP contribution in [0.1, 0.15) is 31.9 Å². The molecule has 0 spiro atoms. The van der Waals surface area contributed by atoms with Crippen molar-refractivity contribution >= 4 is 11.5 Å². The van der Waals surface area contributed by atoms with Crippen LogP contribution in [0.25, 0.3) is 5.65 Å². The summed E-state index contributed by atoms with van der Waals surface area (Å²) < 4.78 is 4.01. The second-order valence-electron chi connectivity index (χ2n) is 6.55. The minimum Gasteiger partial charge on any atom is -0.356 e. The summed E-state index contributed by atoms with van der Waals surface area (Å²) in [6.07, 6.45) is 10.4. The third-order valence-electron chi connectivity index (χ3n) is 5.02. The summed E-state index contributed by atoms with van der Waals surface area (Å²) in [5.74, 6) is 1.97. The van der Waals surface area contributed by atoms with Gasteiger partial charge in [0.15, 0.2) is 5.65 Å². The number of hydrogen-bond donors (Lipinski definition) is 0. The summed E-state index contributed by atoms with van der Waals surface area (Å²) in [5, 5.41) is 8.76. The van der Waals surface area contributed by atoms with Crippen molar-refractivity contribution in [3.63, 3.8) is 0 Å². The van der Waals surface area contributed by atoms with Crippen LogP contribution in [0.15, 0.2) is 36.8 Å². The molecule has 0 radical (unpaired) electrons. The second kappa shape index (κ2) is 6.63. The van der Waals surface area contributed by atoms with E-state index in [0.29, 0.717) is 0 Å². The molecule has 1 saturated heterocycles. The molecule has 3 aromatic rings. The van der Waals surface area contributed by atoms with Gasteiger partial charge in [0.2, 0.25) is 0 Å². The molecule has 126 valence electrons. The number of hydrogen-bond acceptors (Lipinski definition) is 4. The number of nitrogens with zero attached hydrogens (tertiary/aromatic N) is 6. The largest absolute Gasteiger partial charge is 0.356 e. The summed E-state index contributed by atoms with van der Waals surface area (Å²) in [6.45, 7) is 5.36. The minimum atomic E-state index is 0.783.